The molecular formula is C12H18OS2. The summed E-state index contributed by atoms with van der Waals surface area (Å²) < 4.78 is 0. The van der Waals surface area contributed by atoms with Gasteiger partial charge in [0.25, 0.3) is 0 Å². The van der Waals surface area contributed by atoms with E-state index in [0.717, 1.165) is 16.6 Å². The number of rotatable bonds is 4. The van der Waals surface area contributed by atoms with Crippen molar-refractivity contribution in [2.45, 2.75) is 44.0 Å². The zero-order valence-electron chi connectivity index (χ0n) is 9.11. The average Bonchev–Trinajstić information content (AvgIpc) is 2.84. The molecule has 1 aliphatic rings. The zero-order valence-corrected chi connectivity index (χ0v) is 10.7. The molecule has 1 N–H and O–H groups in total. The van der Waals surface area contributed by atoms with E-state index in [-0.39, 0.29) is 6.10 Å². The molecule has 1 atom stereocenters. The third kappa shape index (κ3) is 2.99. The molecule has 0 radical (unpaired) electrons. The second-order valence-electron chi connectivity index (χ2n) is 4.19. The molecule has 0 aliphatic heterocycles. The Labute approximate surface area is 99.9 Å². The quantitative estimate of drug-likeness (QED) is 0.867. The first-order valence-electron chi connectivity index (χ1n) is 5.61. The van der Waals surface area contributed by atoms with Gasteiger partial charge in [0.1, 0.15) is 0 Å². The van der Waals surface area contributed by atoms with E-state index in [1.54, 1.807) is 11.3 Å². The molecule has 15 heavy (non-hydrogen) atoms. The Morgan fingerprint density at radius 1 is 1.53 bits per heavy atom. The van der Waals surface area contributed by atoms with Crippen molar-refractivity contribution in [1.82, 2.24) is 0 Å². The Kier molecular flexibility index (Phi) is 4.12. The highest BCUT2D eigenvalue weighted by molar-refractivity contribution is 7.99. The first-order valence-corrected chi connectivity index (χ1v) is 7.54. The van der Waals surface area contributed by atoms with Crippen LogP contribution in [0.1, 0.15) is 42.2 Å². The Bertz CT molecular complexity index is 302. The molecular weight excluding hydrogens is 224 g/mol. The van der Waals surface area contributed by atoms with Crippen molar-refractivity contribution < 1.29 is 5.11 Å². The normalized spacial score (nSPS) is 19.6. The van der Waals surface area contributed by atoms with Gasteiger partial charge in [-0.05, 0) is 36.8 Å². The van der Waals surface area contributed by atoms with Crippen LogP contribution in [-0.2, 0) is 0 Å². The molecule has 1 aromatic rings. The molecule has 1 saturated carbocycles. The lowest BCUT2D eigenvalue weighted by Gasteiger charge is -2.13. The summed E-state index contributed by atoms with van der Waals surface area (Å²) in [5.74, 6) is 0.863. The van der Waals surface area contributed by atoms with Crippen LogP contribution in [0.5, 0.6) is 0 Å². The van der Waals surface area contributed by atoms with Gasteiger partial charge >= 0.3 is 0 Å². The van der Waals surface area contributed by atoms with Crippen LogP contribution in [-0.4, -0.2) is 16.1 Å². The van der Waals surface area contributed by atoms with Gasteiger partial charge < -0.3 is 5.11 Å². The first kappa shape index (κ1) is 11.5. The molecule has 1 aromatic heterocycles. The first-order chi connectivity index (χ1) is 7.27. The number of thiophene rings is 1. The van der Waals surface area contributed by atoms with E-state index < -0.39 is 0 Å². The van der Waals surface area contributed by atoms with Gasteiger partial charge in [-0.25, -0.2) is 0 Å². The number of aliphatic hydroxyl groups is 1. The lowest BCUT2D eigenvalue weighted by molar-refractivity contribution is 0.204. The molecule has 1 fully saturated rings. The number of thioether (sulfide) groups is 1. The fourth-order valence-electron chi connectivity index (χ4n) is 2.11. The summed E-state index contributed by atoms with van der Waals surface area (Å²) in [5, 5.41) is 12.9. The Morgan fingerprint density at radius 3 is 2.87 bits per heavy atom. The van der Waals surface area contributed by atoms with Gasteiger partial charge in [-0.2, -0.15) is 11.8 Å². The van der Waals surface area contributed by atoms with Crippen molar-refractivity contribution in [2.75, 3.05) is 5.75 Å². The third-order valence-corrected chi connectivity index (χ3v) is 5.36. The van der Waals surface area contributed by atoms with E-state index in [1.807, 2.05) is 11.8 Å². The standard InChI is InChI=1S/C12H18OS2/c1-9-11(6-7-14-9)12(13)8-15-10-4-2-3-5-10/h6-7,10,12-13H,2-5,8H2,1H3. The largest absolute Gasteiger partial charge is 0.388 e. The highest BCUT2D eigenvalue weighted by atomic mass is 32.2. The van der Waals surface area contributed by atoms with Crippen LogP contribution in [0, 0.1) is 6.92 Å². The van der Waals surface area contributed by atoms with Crippen molar-refractivity contribution in [3.8, 4) is 0 Å². The van der Waals surface area contributed by atoms with E-state index in [1.165, 1.54) is 30.6 Å². The van der Waals surface area contributed by atoms with Gasteiger partial charge in [0, 0.05) is 15.9 Å². The van der Waals surface area contributed by atoms with E-state index in [4.69, 9.17) is 0 Å². The van der Waals surface area contributed by atoms with Crippen LogP contribution >= 0.6 is 23.1 Å². The lowest BCUT2D eigenvalue weighted by Crippen LogP contribution is -2.04. The molecule has 3 heteroatoms. The van der Waals surface area contributed by atoms with Crippen LogP contribution in [0.2, 0.25) is 0 Å². The van der Waals surface area contributed by atoms with Crippen molar-refractivity contribution in [1.29, 1.82) is 0 Å². The van der Waals surface area contributed by atoms with Crippen LogP contribution in [0.4, 0.5) is 0 Å². The predicted molar refractivity (Wildman–Crippen MR) is 68.7 cm³/mol. The number of hydrogen-bond acceptors (Lipinski definition) is 3. The van der Waals surface area contributed by atoms with Crippen LogP contribution in [0.3, 0.4) is 0 Å². The fraction of sp³-hybridized carbons (Fsp3) is 0.667. The van der Waals surface area contributed by atoms with Crippen molar-refractivity contribution >= 4 is 23.1 Å². The second kappa shape index (κ2) is 5.37. The van der Waals surface area contributed by atoms with Crippen LogP contribution < -0.4 is 0 Å². The van der Waals surface area contributed by atoms with Gasteiger partial charge in [-0.3, -0.25) is 0 Å². The molecule has 0 saturated heterocycles. The van der Waals surface area contributed by atoms with Crippen molar-refractivity contribution in [2.24, 2.45) is 0 Å². The van der Waals surface area contributed by atoms with Gasteiger partial charge in [-0.15, -0.1) is 11.3 Å². The third-order valence-electron chi connectivity index (χ3n) is 3.05. The summed E-state index contributed by atoms with van der Waals surface area (Å²) in [4.78, 5) is 1.26. The fourth-order valence-corrected chi connectivity index (χ4v) is 4.17. The molecule has 1 unspecified atom stereocenters. The van der Waals surface area contributed by atoms with Crippen LogP contribution in [0.15, 0.2) is 11.4 Å². The topological polar surface area (TPSA) is 20.2 Å². The average molecular weight is 242 g/mol. The van der Waals surface area contributed by atoms with Gasteiger partial charge in [0.2, 0.25) is 0 Å². The summed E-state index contributed by atoms with van der Waals surface area (Å²) in [5.41, 5.74) is 1.13. The minimum absolute atomic E-state index is 0.262. The Morgan fingerprint density at radius 2 is 2.27 bits per heavy atom. The smallest absolute Gasteiger partial charge is 0.0891 e. The number of hydrogen-bond donors (Lipinski definition) is 1. The Balaban J connectivity index is 1.81. The van der Waals surface area contributed by atoms with Gasteiger partial charge in [0.15, 0.2) is 0 Å². The molecule has 1 aliphatic carbocycles. The van der Waals surface area contributed by atoms with E-state index in [9.17, 15) is 5.11 Å². The molecule has 0 spiro atoms. The molecule has 0 amide bonds. The summed E-state index contributed by atoms with van der Waals surface area (Å²) in [6.45, 7) is 2.09. The van der Waals surface area contributed by atoms with E-state index in [0.29, 0.717) is 0 Å². The summed E-state index contributed by atoms with van der Waals surface area (Å²) in [6, 6.07) is 2.06. The highest BCUT2D eigenvalue weighted by Gasteiger charge is 2.18. The monoisotopic (exact) mass is 242 g/mol. The maximum atomic E-state index is 10.0. The molecule has 0 aromatic carbocycles. The van der Waals surface area contributed by atoms with Crippen LogP contribution in [0.25, 0.3) is 0 Å². The summed E-state index contributed by atoms with van der Waals surface area (Å²) >= 11 is 3.68. The minimum atomic E-state index is -0.262. The zero-order chi connectivity index (χ0) is 10.7. The maximum absolute atomic E-state index is 10.0. The van der Waals surface area contributed by atoms with E-state index in [2.05, 4.69) is 18.4 Å². The Hall–Kier alpha value is 0.01000. The second-order valence-corrected chi connectivity index (χ2v) is 6.64. The molecule has 1 nitrogen and oxygen atoms in total. The summed E-state index contributed by atoms with van der Waals surface area (Å²) in [7, 11) is 0. The molecule has 2 rings (SSSR count). The molecule has 1 heterocycles. The number of aryl methyl sites for hydroxylation is 1. The summed E-state index contributed by atoms with van der Waals surface area (Å²) in [6.07, 6.45) is 5.19. The van der Waals surface area contributed by atoms with E-state index >= 15 is 0 Å². The maximum Gasteiger partial charge on any atom is 0.0891 e. The lowest BCUT2D eigenvalue weighted by atomic mass is 10.2. The predicted octanol–water partition coefficient (Wildman–Crippen LogP) is 3.77. The van der Waals surface area contributed by atoms with Gasteiger partial charge in [-0.1, -0.05) is 12.8 Å². The highest BCUT2D eigenvalue weighted by Crippen LogP contribution is 2.33. The minimum Gasteiger partial charge on any atom is -0.388 e. The SMILES string of the molecule is Cc1sccc1C(O)CSC1CCCC1. The molecule has 0 bridgehead atoms. The van der Waals surface area contributed by atoms with Crippen molar-refractivity contribution in [3.63, 3.8) is 0 Å². The van der Waals surface area contributed by atoms with Crippen molar-refractivity contribution in [3.05, 3.63) is 21.9 Å². The van der Waals surface area contributed by atoms with Gasteiger partial charge in [0.05, 0.1) is 6.10 Å². The molecule has 84 valence electrons. The number of aliphatic hydroxyl groups excluding tert-OH is 1.